The number of rotatable bonds is 6. The lowest BCUT2D eigenvalue weighted by Crippen LogP contribution is -2.40. The maximum Gasteiger partial charge on any atom is 0.141 e. The number of hydrogen-bond acceptors (Lipinski definition) is 4. The molecular weight excluding hydrogens is 266 g/mol. The first-order valence-electron chi connectivity index (χ1n) is 7.61. The molecular formula is C16H25N3O2. The number of aliphatic hydroxyl groups is 1. The Bertz CT molecular complexity index is 448. The quantitative estimate of drug-likeness (QED) is 0.324. The maximum atomic E-state index is 9.15. The van der Waals surface area contributed by atoms with Gasteiger partial charge in [0, 0.05) is 25.6 Å². The third-order valence-corrected chi connectivity index (χ3v) is 4.24. The van der Waals surface area contributed by atoms with Crippen LogP contribution in [0.25, 0.3) is 0 Å². The van der Waals surface area contributed by atoms with E-state index in [1.165, 1.54) is 12.0 Å². The van der Waals surface area contributed by atoms with E-state index in [0.29, 0.717) is 12.3 Å². The van der Waals surface area contributed by atoms with E-state index in [4.69, 9.17) is 16.0 Å². The van der Waals surface area contributed by atoms with Crippen molar-refractivity contribution >= 4 is 5.84 Å². The van der Waals surface area contributed by atoms with Crippen LogP contribution in [-0.4, -0.2) is 40.7 Å². The second kappa shape index (κ2) is 8.00. The molecule has 1 heterocycles. The van der Waals surface area contributed by atoms with Crippen molar-refractivity contribution in [2.45, 2.75) is 31.7 Å². The molecule has 2 unspecified atom stereocenters. The van der Waals surface area contributed by atoms with Crippen molar-refractivity contribution in [3.05, 3.63) is 35.9 Å². The molecule has 1 aliphatic rings. The van der Waals surface area contributed by atoms with Crippen molar-refractivity contribution in [3.63, 3.8) is 0 Å². The monoisotopic (exact) mass is 291 g/mol. The predicted octanol–water partition coefficient (Wildman–Crippen LogP) is 1.96. The molecule has 116 valence electrons. The summed E-state index contributed by atoms with van der Waals surface area (Å²) in [7, 11) is 0. The highest BCUT2D eigenvalue weighted by molar-refractivity contribution is 5.80. The van der Waals surface area contributed by atoms with Gasteiger partial charge < -0.3 is 16.0 Å². The van der Waals surface area contributed by atoms with Gasteiger partial charge in [0.25, 0.3) is 0 Å². The molecule has 1 saturated heterocycles. The summed E-state index contributed by atoms with van der Waals surface area (Å²) < 4.78 is 0. The van der Waals surface area contributed by atoms with Gasteiger partial charge in [-0.2, -0.15) is 0 Å². The van der Waals surface area contributed by atoms with Crippen molar-refractivity contribution in [1.82, 2.24) is 4.90 Å². The second-order valence-corrected chi connectivity index (χ2v) is 5.74. The molecule has 21 heavy (non-hydrogen) atoms. The molecule has 0 aromatic heterocycles. The molecule has 0 spiro atoms. The highest BCUT2D eigenvalue weighted by atomic mass is 16.4. The molecule has 1 aliphatic heterocycles. The van der Waals surface area contributed by atoms with E-state index >= 15 is 0 Å². The molecule has 2 atom stereocenters. The summed E-state index contributed by atoms with van der Waals surface area (Å²) in [5, 5.41) is 21.2. The van der Waals surface area contributed by atoms with Gasteiger partial charge in [0.1, 0.15) is 5.84 Å². The summed E-state index contributed by atoms with van der Waals surface area (Å²) in [6.07, 6.45) is 3.67. The van der Waals surface area contributed by atoms with Crippen LogP contribution in [-0.2, 0) is 0 Å². The molecule has 0 bridgehead atoms. The SMILES string of the molecule is N/C(CC(c1ccccc1)N1CCCC(CCO)C1)=N/O. The molecule has 1 aromatic rings. The summed E-state index contributed by atoms with van der Waals surface area (Å²) >= 11 is 0. The number of piperidine rings is 1. The number of hydrogen-bond donors (Lipinski definition) is 3. The van der Waals surface area contributed by atoms with Crippen molar-refractivity contribution in [2.75, 3.05) is 19.7 Å². The summed E-state index contributed by atoms with van der Waals surface area (Å²) in [4.78, 5) is 2.40. The van der Waals surface area contributed by atoms with E-state index in [0.717, 1.165) is 25.9 Å². The van der Waals surface area contributed by atoms with Crippen molar-refractivity contribution in [2.24, 2.45) is 16.8 Å². The fraction of sp³-hybridized carbons (Fsp3) is 0.562. The number of oxime groups is 1. The number of amidine groups is 1. The fourth-order valence-corrected chi connectivity index (χ4v) is 3.17. The van der Waals surface area contributed by atoms with Gasteiger partial charge in [0.05, 0.1) is 0 Å². The summed E-state index contributed by atoms with van der Waals surface area (Å²) in [6, 6.07) is 10.3. The molecule has 5 nitrogen and oxygen atoms in total. The first-order chi connectivity index (χ1) is 10.2. The van der Waals surface area contributed by atoms with Gasteiger partial charge in [-0.05, 0) is 37.3 Å². The van der Waals surface area contributed by atoms with Crippen LogP contribution < -0.4 is 5.73 Å². The zero-order valence-electron chi connectivity index (χ0n) is 12.4. The Morgan fingerprint density at radius 3 is 2.81 bits per heavy atom. The van der Waals surface area contributed by atoms with Crippen LogP contribution in [0.15, 0.2) is 35.5 Å². The summed E-state index contributed by atoms with van der Waals surface area (Å²) in [6.45, 7) is 2.22. The minimum Gasteiger partial charge on any atom is -0.409 e. The highest BCUT2D eigenvalue weighted by Gasteiger charge is 2.27. The molecule has 1 fully saturated rings. The number of nitrogens with two attached hydrogens (primary N) is 1. The molecule has 0 radical (unpaired) electrons. The minimum absolute atomic E-state index is 0.128. The van der Waals surface area contributed by atoms with Gasteiger partial charge in [-0.25, -0.2) is 0 Å². The van der Waals surface area contributed by atoms with Crippen LogP contribution in [0.4, 0.5) is 0 Å². The van der Waals surface area contributed by atoms with Gasteiger partial charge in [0.2, 0.25) is 0 Å². The Labute approximate surface area is 126 Å². The maximum absolute atomic E-state index is 9.15. The van der Waals surface area contributed by atoms with Gasteiger partial charge in [-0.3, -0.25) is 4.90 Å². The van der Waals surface area contributed by atoms with Gasteiger partial charge in [-0.15, -0.1) is 0 Å². The standard InChI is InChI=1S/C16H25N3O2/c17-16(18-21)11-15(14-6-2-1-3-7-14)19-9-4-5-13(12-19)8-10-20/h1-3,6-7,13,15,20-21H,4-5,8-12H2,(H2,17,18). The van der Waals surface area contributed by atoms with E-state index in [2.05, 4.69) is 22.2 Å². The van der Waals surface area contributed by atoms with Crippen LogP contribution in [0.2, 0.25) is 0 Å². The normalized spacial score (nSPS) is 22.1. The molecule has 5 heteroatoms. The largest absolute Gasteiger partial charge is 0.409 e. The van der Waals surface area contributed by atoms with Crippen LogP contribution in [0, 0.1) is 5.92 Å². The Kier molecular flexibility index (Phi) is 6.02. The predicted molar refractivity (Wildman–Crippen MR) is 83.2 cm³/mol. The fourth-order valence-electron chi connectivity index (χ4n) is 3.17. The van der Waals surface area contributed by atoms with Crippen molar-refractivity contribution in [3.8, 4) is 0 Å². The van der Waals surface area contributed by atoms with E-state index in [9.17, 15) is 0 Å². The van der Waals surface area contributed by atoms with E-state index in [1.807, 2.05) is 18.2 Å². The number of likely N-dealkylation sites (tertiary alicyclic amines) is 1. The van der Waals surface area contributed by atoms with Crippen molar-refractivity contribution < 1.29 is 10.3 Å². The number of aliphatic hydroxyl groups excluding tert-OH is 1. The first-order valence-corrected chi connectivity index (χ1v) is 7.61. The summed E-state index contributed by atoms with van der Waals surface area (Å²) in [5.74, 6) is 0.787. The Hall–Kier alpha value is -1.59. The van der Waals surface area contributed by atoms with Gasteiger partial charge in [-0.1, -0.05) is 35.5 Å². The van der Waals surface area contributed by atoms with Gasteiger partial charge in [0.15, 0.2) is 0 Å². The van der Waals surface area contributed by atoms with E-state index in [1.54, 1.807) is 0 Å². The topological polar surface area (TPSA) is 82.1 Å². The third-order valence-electron chi connectivity index (χ3n) is 4.24. The second-order valence-electron chi connectivity index (χ2n) is 5.74. The lowest BCUT2D eigenvalue weighted by molar-refractivity contribution is 0.109. The average molecular weight is 291 g/mol. The van der Waals surface area contributed by atoms with Crippen LogP contribution in [0.5, 0.6) is 0 Å². The molecule has 4 N–H and O–H groups in total. The van der Waals surface area contributed by atoms with E-state index in [-0.39, 0.29) is 18.5 Å². The van der Waals surface area contributed by atoms with Crippen LogP contribution >= 0.6 is 0 Å². The summed E-state index contributed by atoms with van der Waals surface area (Å²) in [5.41, 5.74) is 6.93. The van der Waals surface area contributed by atoms with Crippen LogP contribution in [0.1, 0.15) is 37.3 Å². The molecule has 0 amide bonds. The molecule has 0 saturated carbocycles. The number of nitrogens with zero attached hydrogens (tertiary/aromatic N) is 2. The highest BCUT2D eigenvalue weighted by Crippen LogP contribution is 2.30. The zero-order chi connectivity index (χ0) is 15.1. The third kappa shape index (κ3) is 4.44. The molecule has 2 rings (SSSR count). The van der Waals surface area contributed by atoms with E-state index < -0.39 is 0 Å². The van der Waals surface area contributed by atoms with Gasteiger partial charge >= 0.3 is 0 Å². The molecule has 1 aromatic carbocycles. The Morgan fingerprint density at radius 1 is 1.38 bits per heavy atom. The Morgan fingerprint density at radius 2 is 2.14 bits per heavy atom. The smallest absolute Gasteiger partial charge is 0.141 e. The zero-order valence-corrected chi connectivity index (χ0v) is 12.4. The minimum atomic E-state index is 0.128. The lowest BCUT2D eigenvalue weighted by Gasteiger charge is -2.38. The number of benzene rings is 1. The lowest BCUT2D eigenvalue weighted by atomic mass is 9.91. The van der Waals surface area contributed by atoms with Crippen LogP contribution in [0.3, 0.4) is 0 Å². The first kappa shape index (κ1) is 15.8. The average Bonchev–Trinajstić information content (AvgIpc) is 2.53. The Balaban J connectivity index is 2.14. The van der Waals surface area contributed by atoms with Crippen molar-refractivity contribution in [1.29, 1.82) is 0 Å². The molecule has 0 aliphatic carbocycles.